The van der Waals surface area contributed by atoms with Crippen molar-refractivity contribution < 1.29 is 9.90 Å². The van der Waals surface area contributed by atoms with Crippen LogP contribution < -0.4 is 10.2 Å². The Labute approximate surface area is 157 Å². The molecule has 142 valence electrons. The van der Waals surface area contributed by atoms with Gasteiger partial charge in [-0.2, -0.15) is 5.10 Å². The quantitative estimate of drug-likeness (QED) is 0.697. The van der Waals surface area contributed by atoms with Crippen LogP contribution in [0.4, 0.5) is 5.95 Å². The van der Waals surface area contributed by atoms with E-state index in [1.807, 2.05) is 47.6 Å². The van der Waals surface area contributed by atoms with Crippen molar-refractivity contribution in [2.75, 3.05) is 24.5 Å². The van der Waals surface area contributed by atoms with Gasteiger partial charge >= 0.3 is 0 Å². The standard InChI is InChI=1S/C19H24N6O2/c1-23-17-4-3-13(18(27)20-8-5-14-6-9-21-24(14)2)11-16(17)22-19(23)25-10-7-15(26)12-25/h3-4,6,9,11,15,26H,5,7-8,10,12H2,1-2H3,(H,20,27)/t15-/m0/s1. The van der Waals surface area contributed by atoms with Crippen molar-refractivity contribution in [3.8, 4) is 0 Å². The molecule has 1 amide bonds. The first-order chi connectivity index (χ1) is 13.0. The van der Waals surface area contributed by atoms with E-state index in [4.69, 9.17) is 4.98 Å². The van der Waals surface area contributed by atoms with Crippen LogP contribution in [0.2, 0.25) is 0 Å². The minimum absolute atomic E-state index is 0.108. The van der Waals surface area contributed by atoms with Crippen molar-refractivity contribution >= 4 is 22.9 Å². The number of imidazole rings is 1. The fourth-order valence-corrected chi connectivity index (χ4v) is 3.59. The number of hydrogen-bond donors (Lipinski definition) is 2. The van der Waals surface area contributed by atoms with Gasteiger partial charge in [0.1, 0.15) is 0 Å². The molecule has 1 saturated heterocycles. The average Bonchev–Trinajstić information content (AvgIpc) is 3.35. The van der Waals surface area contributed by atoms with Gasteiger partial charge in [-0.3, -0.25) is 9.48 Å². The van der Waals surface area contributed by atoms with Gasteiger partial charge in [0.25, 0.3) is 5.91 Å². The second-order valence-electron chi connectivity index (χ2n) is 7.01. The lowest BCUT2D eigenvalue weighted by atomic mass is 10.2. The van der Waals surface area contributed by atoms with E-state index < -0.39 is 0 Å². The van der Waals surface area contributed by atoms with Gasteiger partial charge in [0.05, 0.1) is 17.1 Å². The van der Waals surface area contributed by atoms with Crippen LogP contribution >= 0.6 is 0 Å². The molecule has 1 atom stereocenters. The van der Waals surface area contributed by atoms with Crippen LogP contribution in [0.15, 0.2) is 30.5 Å². The number of nitrogens with zero attached hydrogens (tertiary/aromatic N) is 5. The zero-order chi connectivity index (χ0) is 19.0. The molecule has 1 aliphatic heterocycles. The number of amides is 1. The molecule has 3 aromatic rings. The molecule has 8 nitrogen and oxygen atoms in total. The van der Waals surface area contributed by atoms with Gasteiger partial charge in [-0.25, -0.2) is 4.98 Å². The summed E-state index contributed by atoms with van der Waals surface area (Å²) < 4.78 is 3.82. The molecule has 8 heteroatoms. The van der Waals surface area contributed by atoms with Crippen LogP contribution in [-0.2, 0) is 20.5 Å². The average molecular weight is 368 g/mol. The van der Waals surface area contributed by atoms with Crippen molar-refractivity contribution in [2.24, 2.45) is 14.1 Å². The van der Waals surface area contributed by atoms with Gasteiger partial charge in [0.15, 0.2) is 0 Å². The number of β-amino-alcohol motifs (C(OH)–C–C–N with tert-alkyl or cyclic N) is 1. The zero-order valence-corrected chi connectivity index (χ0v) is 15.6. The van der Waals surface area contributed by atoms with E-state index in [-0.39, 0.29) is 12.0 Å². The zero-order valence-electron chi connectivity index (χ0n) is 15.6. The second-order valence-corrected chi connectivity index (χ2v) is 7.01. The van der Waals surface area contributed by atoms with Gasteiger partial charge < -0.3 is 19.9 Å². The Bertz CT molecular complexity index is 976. The summed E-state index contributed by atoms with van der Waals surface area (Å²) >= 11 is 0. The third-order valence-corrected chi connectivity index (χ3v) is 5.15. The number of nitrogens with one attached hydrogen (secondary N) is 1. The van der Waals surface area contributed by atoms with Crippen LogP contribution in [0.1, 0.15) is 22.5 Å². The van der Waals surface area contributed by atoms with Crippen molar-refractivity contribution in [2.45, 2.75) is 18.9 Å². The van der Waals surface area contributed by atoms with Gasteiger partial charge in [0, 0.05) is 57.6 Å². The first-order valence-corrected chi connectivity index (χ1v) is 9.17. The third-order valence-electron chi connectivity index (χ3n) is 5.15. The molecule has 0 radical (unpaired) electrons. The second kappa shape index (κ2) is 7.03. The van der Waals surface area contributed by atoms with Gasteiger partial charge in [0.2, 0.25) is 5.95 Å². The fourth-order valence-electron chi connectivity index (χ4n) is 3.59. The number of anilines is 1. The Hall–Kier alpha value is -2.87. The summed E-state index contributed by atoms with van der Waals surface area (Å²) in [5, 5.41) is 16.9. The van der Waals surface area contributed by atoms with Crippen molar-refractivity contribution in [1.29, 1.82) is 0 Å². The highest BCUT2D eigenvalue weighted by atomic mass is 16.3. The number of aliphatic hydroxyl groups excluding tert-OH is 1. The molecule has 3 heterocycles. The molecule has 1 aliphatic rings. The highest BCUT2D eigenvalue weighted by molar-refractivity contribution is 5.97. The normalized spacial score (nSPS) is 17.0. The summed E-state index contributed by atoms with van der Waals surface area (Å²) in [7, 11) is 3.85. The third kappa shape index (κ3) is 3.40. The maximum atomic E-state index is 12.5. The molecule has 0 bridgehead atoms. The number of aliphatic hydroxyl groups is 1. The van der Waals surface area contributed by atoms with Crippen LogP contribution in [-0.4, -0.2) is 56.1 Å². The number of aryl methyl sites for hydroxylation is 2. The highest BCUT2D eigenvalue weighted by Gasteiger charge is 2.24. The Balaban J connectivity index is 1.47. The molecule has 0 spiro atoms. The van der Waals surface area contributed by atoms with E-state index in [0.29, 0.717) is 18.7 Å². The summed E-state index contributed by atoms with van der Waals surface area (Å²) in [6.07, 6.45) is 2.94. The maximum absolute atomic E-state index is 12.5. The van der Waals surface area contributed by atoms with Crippen LogP contribution in [0, 0.1) is 0 Å². The molecule has 27 heavy (non-hydrogen) atoms. The first kappa shape index (κ1) is 17.5. The molecular weight excluding hydrogens is 344 g/mol. The summed E-state index contributed by atoms with van der Waals surface area (Å²) in [6.45, 7) is 1.94. The number of fused-ring (bicyclic) bond motifs is 1. The summed E-state index contributed by atoms with van der Waals surface area (Å²) in [5.74, 6) is 0.721. The molecule has 4 rings (SSSR count). The van der Waals surface area contributed by atoms with E-state index >= 15 is 0 Å². The fraction of sp³-hybridized carbons (Fsp3) is 0.421. The lowest BCUT2D eigenvalue weighted by molar-refractivity contribution is 0.0954. The summed E-state index contributed by atoms with van der Waals surface area (Å²) in [5.41, 5.74) is 3.43. The van der Waals surface area contributed by atoms with E-state index in [1.54, 1.807) is 6.20 Å². The predicted octanol–water partition coefficient (Wildman–Crippen LogP) is 0.850. The summed E-state index contributed by atoms with van der Waals surface area (Å²) in [4.78, 5) is 19.3. The number of hydrogen-bond acceptors (Lipinski definition) is 5. The Kier molecular flexibility index (Phi) is 4.57. The molecule has 2 N–H and O–H groups in total. The van der Waals surface area contributed by atoms with E-state index in [9.17, 15) is 9.90 Å². The molecule has 0 unspecified atom stereocenters. The maximum Gasteiger partial charge on any atom is 0.251 e. The topological polar surface area (TPSA) is 88.2 Å². The highest BCUT2D eigenvalue weighted by Crippen LogP contribution is 2.25. The lowest BCUT2D eigenvalue weighted by Gasteiger charge is -2.16. The van der Waals surface area contributed by atoms with Crippen LogP contribution in [0.25, 0.3) is 11.0 Å². The van der Waals surface area contributed by atoms with Crippen LogP contribution in [0.3, 0.4) is 0 Å². The number of rotatable bonds is 5. The summed E-state index contributed by atoms with van der Waals surface area (Å²) in [6, 6.07) is 7.52. The number of benzene rings is 1. The number of carbonyl (C=O) groups excluding carboxylic acids is 1. The van der Waals surface area contributed by atoms with Gasteiger partial charge in [-0.15, -0.1) is 0 Å². The number of carbonyl (C=O) groups is 1. The minimum Gasteiger partial charge on any atom is -0.391 e. The van der Waals surface area contributed by atoms with Crippen LogP contribution in [0.5, 0.6) is 0 Å². The molecular formula is C19H24N6O2. The van der Waals surface area contributed by atoms with Crippen molar-refractivity contribution in [3.05, 3.63) is 41.7 Å². The largest absolute Gasteiger partial charge is 0.391 e. The molecule has 2 aromatic heterocycles. The lowest BCUT2D eigenvalue weighted by Crippen LogP contribution is -2.26. The van der Waals surface area contributed by atoms with E-state index in [1.165, 1.54) is 0 Å². The van der Waals surface area contributed by atoms with Crippen molar-refractivity contribution in [1.82, 2.24) is 24.6 Å². The predicted molar refractivity (Wildman–Crippen MR) is 103 cm³/mol. The van der Waals surface area contributed by atoms with Gasteiger partial charge in [-0.05, 0) is 30.7 Å². The minimum atomic E-state index is -0.300. The molecule has 0 aliphatic carbocycles. The van der Waals surface area contributed by atoms with Gasteiger partial charge in [-0.1, -0.05) is 0 Å². The molecule has 0 saturated carbocycles. The van der Waals surface area contributed by atoms with E-state index in [2.05, 4.69) is 15.3 Å². The van der Waals surface area contributed by atoms with Crippen molar-refractivity contribution in [3.63, 3.8) is 0 Å². The smallest absolute Gasteiger partial charge is 0.251 e. The van der Waals surface area contributed by atoms with E-state index in [0.717, 1.165) is 42.1 Å². The monoisotopic (exact) mass is 368 g/mol. The Morgan fingerprint density at radius 3 is 2.89 bits per heavy atom. The first-order valence-electron chi connectivity index (χ1n) is 9.17. The number of aromatic nitrogens is 4. The Morgan fingerprint density at radius 1 is 1.33 bits per heavy atom. The molecule has 1 fully saturated rings. The Morgan fingerprint density at radius 2 is 2.19 bits per heavy atom. The SMILES string of the molecule is Cn1nccc1CCNC(=O)c1ccc2c(c1)nc(N1CC[C@H](O)C1)n2C. The molecule has 1 aromatic carbocycles.